The van der Waals surface area contributed by atoms with Crippen LogP contribution < -0.4 is 14.8 Å². The molecule has 3 aromatic carbocycles. The number of hydrogen-bond donors (Lipinski definition) is 1. The van der Waals surface area contributed by atoms with Crippen molar-refractivity contribution in [3.05, 3.63) is 90.1 Å². The van der Waals surface area contributed by atoms with E-state index >= 15 is 0 Å². The first-order valence-electron chi connectivity index (χ1n) is 12.3. The number of carbonyl (C=O) groups excluding carboxylic acids is 1. The molecule has 0 spiro atoms. The molecule has 4 aromatic rings. The third kappa shape index (κ3) is 3.91. The summed E-state index contributed by atoms with van der Waals surface area (Å²) in [5.41, 5.74) is 6.29. The summed E-state index contributed by atoms with van der Waals surface area (Å²) in [6.45, 7) is 6.88. The van der Waals surface area contributed by atoms with Crippen molar-refractivity contribution in [3.8, 4) is 0 Å². The Morgan fingerprint density at radius 3 is 2.31 bits per heavy atom. The van der Waals surface area contributed by atoms with Crippen LogP contribution in [0.25, 0.3) is 10.9 Å². The molecular weight excluding hydrogens is 450 g/mol. The van der Waals surface area contributed by atoms with Gasteiger partial charge >= 0.3 is 0 Å². The summed E-state index contributed by atoms with van der Waals surface area (Å²) in [7, 11) is 0. The van der Waals surface area contributed by atoms with Crippen molar-refractivity contribution in [2.75, 3.05) is 41.1 Å². The SMILES string of the molecule is CC(=O)C1=NN(c2ccc(C)cc2)[C@@H](c2c[nH]c3ccccc23)N1c1ccc(N2CCOCC2)cc1. The summed E-state index contributed by atoms with van der Waals surface area (Å²) < 4.78 is 5.51. The van der Waals surface area contributed by atoms with E-state index in [1.54, 1.807) is 6.92 Å². The number of amidine groups is 1. The lowest BCUT2D eigenvalue weighted by Gasteiger charge is -2.32. The normalized spacial score (nSPS) is 18.1. The van der Waals surface area contributed by atoms with Crippen LogP contribution in [0, 0.1) is 6.92 Å². The van der Waals surface area contributed by atoms with Gasteiger partial charge in [0.05, 0.1) is 18.9 Å². The highest BCUT2D eigenvalue weighted by Gasteiger charge is 2.40. The van der Waals surface area contributed by atoms with Crippen molar-refractivity contribution in [3.63, 3.8) is 0 Å². The van der Waals surface area contributed by atoms with Crippen LogP contribution in [0.3, 0.4) is 0 Å². The largest absolute Gasteiger partial charge is 0.378 e. The number of morpholine rings is 1. The fraction of sp³-hybridized carbons (Fsp3) is 0.241. The van der Waals surface area contributed by atoms with Crippen molar-refractivity contribution in [2.45, 2.75) is 20.0 Å². The Morgan fingerprint density at radius 2 is 1.58 bits per heavy atom. The van der Waals surface area contributed by atoms with Gasteiger partial charge < -0.3 is 14.6 Å². The predicted molar refractivity (Wildman–Crippen MR) is 145 cm³/mol. The van der Waals surface area contributed by atoms with Gasteiger partial charge in [-0.25, -0.2) is 5.01 Å². The molecule has 1 N–H and O–H groups in total. The molecule has 1 saturated heterocycles. The van der Waals surface area contributed by atoms with Crippen molar-refractivity contribution in [1.29, 1.82) is 0 Å². The van der Waals surface area contributed by atoms with Crippen molar-refractivity contribution in [1.82, 2.24) is 4.98 Å². The third-order valence-corrected chi connectivity index (χ3v) is 6.92. The molecule has 0 bridgehead atoms. The van der Waals surface area contributed by atoms with Gasteiger partial charge in [0.15, 0.2) is 17.8 Å². The van der Waals surface area contributed by atoms with Gasteiger partial charge in [-0.05, 0) is 49.4 Å². The number of hydrogen-bond acceptors (Lipinski definition) is 6. The van der Waals surface area contributed by atoms with E-state index in [1.165, 1.54) is 5.56 Å². The number of ketones is 1. The second kappa shape index (κ2) is 9.17. The highest BCUT2D eigenvalue weighted by molar-refractivity contribution is 6.44. The number of hydrazone groups is 1. The first-order chi connectivity index (χ1) is 17.6. The number of para-hydroxylation sites is 1. The number of nitrogens with one attached hydrogen (secondary N) is 1. The van der Waals surface area contributed by atoms with Gasteiger partial charge in [0, 0.05) is 54.1 Å². The number of aryl methyl sites for hydroxylation is 1. The molecule has 0 unspecified atom stereocenters. The molecule has 7 nitrogen and oxygen atoms in total. The lowest BCUT2D eigenvalue weighted by molar-refractivity contribution is -0.111. The molecular formula is C29H29N5O2. The summed E-state index contributed by atoms with van der Waals surface area (Å²) in [6.07, 6.45) is 1.71. The van der Waals surface area contributed by atoms with E-state index in [9.17, 15) is 4.79 Å². The maximum Gasteiger partial charge on any atom is 0.198 e. The number of benzene rings is 3. The predicted octanol–water partition coefficient (Wildman–Crippen LogP) is 5.24. The van der Waals surface area contributed by atoms with Gasteiger partial charge in [0.2, 0.25) is 0 Å². The van der Waals surface area contributed by atoms with Crippen LogP contribution in [0.4, 0.5) is 17.1 Å². The maximum absolute atomic E-state index is 12.9. The molecule has 0 aliphatic carbocycles. The number of carbonyl (C=O) groups is 1. The van der Waals surface area contributed by atoms with Crippen LogP contribution in [0.5, 0.6) is 0 Å². The number of fused-ring (bicyclic) bond motifs is 1. The number of rotatable bonds is 5. The number of aromatic nitrogens is 1. The van der Waals surface area contributed by atoms with Gasteiger partial charge in [-0.1, -0.05) is 35.9 Å². The maximum atomic E-state index is 12.9. The van der Waals surface area contributed by atoms with E-state index in [-0.39, 0.29) is 11.9 Å². The average Bonchev–Trinajstić information content (AvgIpc) is 3.52. The van der Waals surface area contributed by atoms with Gasteiger partial charge in [-0.3, -0.25) is 9.69 Å². The quantitative estimate of drug-likeness (QED) is 0.424. The second-order valence-corrected chi connectivity index (χ2v) is 9.31. The van der Waals surface area contributed by atoms with E-state index < -0.39 is 0 Å². The molecule has 0 saturated carbocycles. The Labute approximate surface area is 210 Å². The zero-order valence-electron chi connectivity index (χ0n) is 20.5. The highest BCUT2D eigenvalue weighted by Crippen LogP contribution is 2.41. The molecule has 36 heavy (non-hydrogen) atoms. The van der Waals surface area contributed by atoms with E-state index in [0.717, 1.165) is 59.8 Å². The molecule has 182 valence electrons. The Kier molecular flexibility index (Phi) is 5.70. The monoisotopic (exact) mass is 479 g/mol. The summed E-state index contributed by atoms with van der Waals surface area (Å²) in [4.78, 5) is 20.7. The second-order valence-electron chi connectivity index (χ2n) is 9.31. The Bertz CT molecular complexity index is 1420. The molecule has 0 amide bonds. The van der Waals surface area contributed by atoms with E-state index in [0.29, 0.717) is 5.84 Å². The molecule has 7 heteroatoms. The van der Waals surface area contributed by atoms with E-state index in [4.69, 9.17) is 9.84 Å². The van der Waals surface area contributed by atoms with Gasteiger partial charge in [-0.2, -0.15) is 0 Å². The number of H-pyrrole nitrogens is 1. The third-order valence-electron chi connectivity index (χ3n) is 6.92. The minimum Gasteiger partial charge on any atom is -0.378 e. The highest BCUT2D eigenvalue weighted by atomic mass is 16.5. The summed E-state index contributed by atoms with van der Waals surface area (Å²) in [5, 5.41) is 7.95. The molecule has 2 aliphatic heterocycles. The van der Waals surface area contributed by atoms with Crippen LogP contribution in [-0.4, -0.2) is 42.9 Å². The molecule has 6 rings (SSSR count). The van der Waals surface area contributed by atoms with Gasteiger partial charge in [-0.15, -0.1) is 5.10 Å². The molecule has 0 radical (unpaired) electrons. The van der Waals surface area contributed by atoms with E-state index in [2.05, 4.69) is 82.4 Å². The van der Waals surface area contributed by atoms with Crippen LogP contribution in [0.15, 0.2) is 84.1 Å². The molecule has 2 aliphatic rings. The fourth-order valence-electron chi connectivity index (χ4n) is 5.05. The number of nitrogens with zero attached hydrogens (tertiary/aromatic N) is 4. The molecule has 1 fully saturated rings. The van der Waals surface area contributed by atoms with Crippen LogP contribution >= 0.6 is 0 Å². The number of ether oxygens (including phenoxy) is 1. The van der Waals surface area contributed by atoms with Crippen molar-refractivity contribution in [2.24, 2.45) is 5.10 Å². The van der Waals surface area contributed by atoms with Crippen LogP contribution in [-0.2, 0) is 9.53 Å². The minimum atomic E-state index is -0.322. The first-order valence-corrected chi connectivity index (χ1v) is 12.3. The summed E-state index contributed by atoms with van der Waals surface area (Å²) >= 11 is 0. The fourth-order valence-corrected chi connectivity index (χ4v) is 5.05. The summed E-state index contributed by atoms with van der Waals surface area (Å²) in [5.74, 6) is 0.344. The summed E-state index contributed by atoms with van der Waals surface area (Å²) in [6, 6.07) is 24.9. The van der Waals surface area contributed by atoms with Crippen molar-refractivity contribution < 1.29 is 9.53 Å². The lowest BCUT2D eigenvalue weighted by Crippen LogP contribution is -2.38. The topological polar surface area (TPSA) is 64.2 Å². The number of Topliss-reactive ketones (excluding diaryl/α,β-unsaturated/α-hetero) is 1. The zero-order valence-corrected chi connectivity index (χ0v) is 20.5. The zero-order chi connectivity index (χ0) is 24.6. The smallest absolute Gasteiger partial charge is 0.198 e. The van der Waals surface area contributed by atoms with Crippen LogP contribution in [0.2, 0.25) is 0 Å². The van der Waals surface area contributed by atoms with Gasteiger partial charge in [0.25, 0.3) is 0 Å². The van der Waals surface area contributed by atoms with Gasteiger partial charge in [0.1, 0.15) is 0 Å². The van der Waals surface area contributed by atoms with Crippen molar-refractivity contribution >= 4 is 39.6 Å². The Hall–Kier alpha value is -4.10. The standard InChI is InChI=1S/C29H29N5O2/c1-20-7-9-24(10-8-20)34-29(26-19-30-27-6-4-3-5-25(26)27)33(28(31-34)21(2)35)23-13-11-22(12-14-23)32-15-17-36-18-16-32/h3-14,19,29-30H,15-18H2,1-2H3/t29-/m0/s1. The lowest BCUT2D eigenvalue weighted by atomic mass is 10.1. The molecule has 1 aromatic heterocycles. The Balaban J connectivity index is 1.47. The Morgan fingerprint density at radius 1 is 0.917 bits per heavy atom. The van der Waals surface area contributed by atoms with E-state index in [1.807, 2.05) is 23.3 Å². The first kappa shape index (κ1) is 22.4. The number of aromatic amines is 1. The minimum absolute atomic E-state index is 0.0771. The molecule has 3 heterocycles. The average molecular weight is 480 g/mol. The van der Waals surface area contributed by atoms with Crippen LogP contribution in [0.1, 0.15) is 24.2 Å². The molecule has 1 atom stereocenters. The number of anilines is 3.